The Kier molecular flexibility index (Phi) is 5.00. The minimum absolute atomic E-state index is 0.194. The molecule has 9 nitrogen and oxygen atoms in total. The van der Waals surface area contributed by atoms with Crippen LogP contribution < -0.4 is 5.32 Å². The van der Waals surface area contributed by atoms with Gasteiger partial charge in [0.1, 0.15) is 0 Å². The number of amidine groups is 1. The molecule has 126 valence electrons. The number of hydrogen-bond acceptors (Lipinski definition) is 9. The number of ether oxygens (including phenoxy) is 1. The summed E-state index contributed by atoms with van der Waals surface area (Å²) < 4.78 is 9.20. The highest BCUT2D eigenvalue weighted by molar-refractivity contribution is 8.18. The fraction of sp³-hybridized carbons (Fsp3) is 0.0667. The Morgan fingerprint density at radius 3 is 3.08 bits per heavy atom. The summed E-state index contributed by atoms with van der Waals surface area (Å²) in [6, 6.07) is 7.31. The lowest BCUT2D eigenvalue weighted by Gasteiger charge is -1.96. The van der Waals surface area contributed by atoms with Gasteiger partial charge in [0, 0.05) is 11.6 Å². The summed E-state index contributed by atoms with van der Waals surface area (Å²) in [5, 5.41) is 14.4. The lowest BCUT2D eigenvalue weighted by atomic mass is 10.1. The molecule has 1 saturated heterocycles. The van der Waals surface area contributed by atoms with Gasteiger partial charge in [-0.2, -0.15) is 10.1 Å². The quantitative estimate of drug-likeness (QED) is 0.379. The van der Waals surface area contributed by atoms with Crippen LogP contribution >= 0.6 is 11.8 Å². The summed E-state index contributed by atoms with van der Waals surface area (Å²) in [5.41, 5.74) is 1.54. The smallest absolute Gasteiger partial charge is 0.331 e. The Bertz CT molecular complexity index is 889. The number of hydrogen-bond donors (Lipinski definition) is 1. The number of rotatable bonds is 4. The van der Waals surface area contributed by atoms with E-state index >= 15 is 0 Å². The summed E-state index contributed by atoms with van der Waals surface area (Å²) in [7, 11) is 1.24. The molecule has 0 radical (unpaired) electrons. The molecule has 0 unspecified atom stereocenters. The van der Waals surface area contributed by atoms with Gasteiger partial charge in [-0.1, -0.05) is 23.4 Å². The molecule has 25 heavy (non-hydrogen) atoms. The third kappa shape index (κ3) is 4.18. The van der Waals surface area contributed by atoms with Crippen molar-refractivity contribution < 1.29 is 18.8 Å². The molecule has 2 heterocycles. The van der Waals surface area contributed by atoms with Gasteiger partial charge >= 0.3 is 5.97 Å². The second-order valence-electron chi connectivity index (χ2n) is 4.62. The lowest BCUT2D eigenvalue weighted by Crippen LogP contribution is -2.19. The average Bonchev–Trinajstić information content (AvgIpc) is 3.26. The number of carbonyl (C=O) groups is 2. The second kappa shape index (κ2) is 7.53. The monoisotopic (exact) mass is 357 g/mol. The highest BCUT2D eigenvalue weighted by Gasteiger charge is 2.24. The van der Waals surface area contributed by atoms with Crippen LogP contribution in [0.4, 0.5) is 0 Å². The maximum absolute atomic E-state index is 11.7. The Morgan fingerprint density at radius 2 is 2.32 bits per heavy atom. The SMILES string of the molecule is COC(=O)/C=C1/S/C(=N\N=Cc2cccc(-c3ncon3)c2)NC1=O. The Morgan fingerprint density at radius 1 is 1.44 bits per heavy atom. The van der Waals surface area contributed by atoms with Crippen molar-refractivity contribution in [2.45, 2.75) is 0 Å². The van der Waals surface area contributed by atoms with Crippen molar-refractivity contribution in [2.75, 3.05) is 7.11 Å². The number of nitrogens with zero attached hydrogens (tertiary/aromatic N) is 4. The predicted octanol–water partition coefficient (Wildman–Crippen LogP) is 1.35. The number of amides is 1. The zero-order valence-electron chi connectivity index (χ0n) is 12.9. The first-order valence-corrected chi connectivity index (χ1v) is 7.74. The molecular formula is C15H11N5O4S. The third-order valence-electron chi connectivity index (χ3n) is 2.96. The van der Waals surface area contributed by atoms with Crippen molar-refractivity contribution in [3.63, 3.8) is 0 Å². The Hall–Kier alpha value is -3.27. The molecule has 1 N–H and O–H groups in total. The van der Waals surface area contributed by atoms with Crippen LogP contribution in [-0.4, -0.2) is 40.5 Å². The van der Waals surface area contributed by atoms with Gasteiger partial charge < -0.3 is 9.26 Å². The van der Waals surface area contributed by atoms with Crippen LogP contribution in [0.25, 0.3) is 11.4 Å². The van der Waals surface area contributed by atoms with Crippen molar-refractivity contribution >= 4 is 35.0 Å². The van der Waals surface area contributed by atoms with Crippen molar-refractivity contribution in [3.05, 3.63) is 47.2 Å². The largest absolute Gasteiger partial charge is 0.466 e. The van der Waals surface area contributed by atoms with E-state index in [2.05, 4.69) is 30.4 Å². The van der Waals surface area contributed by atoms with E-state index in [0.29, 0.717) is 5.82 Å². The number of carbonyl (C=O) groups excluding carboxylic acids is 2. The van der Waals surface area contributed by atoms with Gasteiger partial charge in [0.25, 0.3) is 5.91 Å². The van der Waals surface area contributed by atoms with E-state index in [1.54, 1.807) is 0 Å². The van der Waals surface area contributed by atoms with E-state index in [1.807, 2.05) is 24.3 Å². The van der Waals surface area contributed by atoms with Gasteiger partial charge in [-0.25, -0.2) is 4.79 Å². The summed E-state index contributed by atoms with van der Waals surface area (Å²) >= 11 is 1.00. The van der Waals surface area contributed by atoms with Gasteiger partial charge in [-0.15, -0.1) is 5.10 Å². The molecule has 1 aromatic heterocycles. The number of benzene rings is 1. The maximum atomic E-state index is 11.7. The Balaban J connectivity index is 1.70. The van der Waals surface area contributed by atoms with Crippen LogP contribution in [0.2, 0.25) is 0 Å². The van der Waals surface area contributed by atoms with Crippen molar-refractivity contribution in [1.82, 2.24) is 15.5 Å². The highest BCUT2D eigenvalue weighted by Crippen LogP contribution is 2.23. The Labute approximate surface area is 145 Å². The molecule has 1 fully saturated rings. The van der Waals surface area contributed by atoms with E-state index < -0.39 is 11.9 Å². The molecule has 0 atom stereocenters. The fourth-order valence-corrected chi connectivity index (χ4v) is 2.58. The maximum Gasteiger partial charge on any atom is 0.331 e. The molecule has 1 amide bonds. The second-order valence-corrected chi connectivity index (χ2v) is 5.65. The van der Waals surface area contributed by atoms with Crippen LogP contribution in [0.1, 0.15) is 5.56 Å². The molecule has 1 aromatic carbocycles. The van der Waals surface area contributed by atoms with E-state index in [9.17, 15) is 9.59 Å². The van der Waals surface area contributed by atoms with Crippen LogP contribution in [-0.2, 0) is 14.3 Å². The first-order valence-electron chi connectivity index (χ1n) is 6.92. The predicted molar refractivity (Wildman–Crippen MR) is 90.6 cm³/mol. The van der Waals surface area contributed by atoms with Crippen LogP contribution in [0, 0.1) is 0 Å². The van der Waals surface area contributed by atoms with Crippen LogP contribution in [0.3, 0.4) is 0 Å². The first-order chi connectivity index (χ1) is 12.2. The molecule has 3 rings (SSSR count). The van der Waals surface area contributed by atoms with Crippen molar-refractivity contribution in [2.24, 2.45) is 10.2 Å². The standard InChI is InChI=1S/C15H11N5O4S/c1-23-12(21)6-11-14(22)18-15(25-11)19-17-7-9-3-2-4-10(5-9)13-16-8-24-20-13/h2-8H,1H3,(H,18,19,22)/b11-6+,17-7?. The fourth-order valence-electron chi connectivity index (χ4n) is 1.84. The zero-order valence-corrected chi connectivity index (χ0v) is 13.7. The zero-order chi connectivity index (χ0) is 17.6. The summed E-state index contributed by atoms with van der Waals surface area (Å²) in [4.78, 5) is 27.0. The van der Waals surface area contributed by atoms with Crippen LogP contribution in [0.15, 0.2) is 56.4 Å². The number of aromatic nitrogens is 2. The number of methoxy groups -OCH3 is 1. The molecular weight excluding hydrogens is 346 g/mol. The summed E-state index contributed by atoms with van der Waals surface area (Å²) in [5.74, 6) is -0.568. The lowest BCUT2D eigenvalue weighted by molar-refractivity contribution is -0.135. The first kappa shape index (κ1) is 16.6. The van der Waals surface area contributed by atoms with Gasteiger partial charge in [-0.3, -0.25) is 10.1 Å². The molecule has 0 saturated carbocycles. The topological polar surface area (TPSA) is 119 Å². The molecule has 0 spiro atoms. The summed E-state index contributed by atoms with van der Waals surface area (Å²) in [6.07, 6.45) is 3.87. The van der Waals surface area contributed by atoms with E-state index in [-0.39, 0.29) is 10.1 Å². The van der Waals surface area contributed by atoms with Crippen LogP contribution in [0.5, 0.6) is 0 Å². The normalized spacial score (nSPS) is 17.4. The van der Waals surface area contributed by atoms with Gasteiger partial charge in [-0.05, 0) is 23.4 Å². The third-order valence-corrected chi connectivity index (χ3v) is 3.86. The highest BCUT2D eigenvalue weighted by atomic mass is 32.2. The molecule has 1 aliphatic rings. The van der Waals surface area contributed by atoms with Gasteiger partial charge in [0.2, 0.25) is 12.2 Å². The van der Waals surface area contributed by atoms with Gasteiger partial charge in [0.05, 0.1) is 18.2 Å². The minimum atomic E-state index is -0.610. The number of esters is 1. The van der Waals surface area contributed by atoms with Crippen molar-refractivity contribution in [1.29, 1.82) is 0 Å². The molecule has 2 aromatic rings. The number of thioether (sulfide) groups is 1. The minimum Gasteiger partial charge on any atom is -0.466 e. The van der Waals surface area contributed by atoms with E-state index in [4.69, 9.17) is 4.52 Å². The van der Waals surface area contributed by atoms with E-state index in [1.165, 1.54) is 19.7 Å². The molecule has 10 heteroatoms. The number of nitrogens with one attached hydrogen (secondary N) is 1. The summed E-state index contributed by atoms with van der Waals surface area (Å²) in [6.45, 7) is 0. The average molecular weight is 357 g/mol. The van der Waals surface area contributed by atoms with Gasteiger partial charge in [0.15, 0.2) is 5.17 Å². The molecule has 1 aliphatic heterocycles. The molecule has 0 aliphatic carbocycles. The molecule has 0 bridgehead atoms. The van der Waals surface area contributed by atoms with Crippen molar-refractivity contribution in [3.8, 4) is 11.4 Å². The van der Waals surface area contributed by atoms with E-state index in [0.717, 1.165) is 29.0 Å².